The van der Waals surface area contributed by atoms with Crippen molar-refractivity contribution < 1.29 is 37.0 Å². The molecule has 10 heteroatoms. The van der Waals surface area contributed by atoms with Crippen molar-refractivity contribution in [2.75, 3.05) is 18.1 Å². The summed E-state index contributed by atoms with van der Waals surface area (Å²) in [4.78, 5) is 37.7. The molecule has 0 aromatic heterocycles. The van der Waals surface area contributed by atoms with Gasteiger partial charge in [0.1, 0.15) is 5.75 Å². The summed E-state index contributed by atoms with van der Waals surface area (Å²) in [6.07, 6.45) is -2.58. The largest absolute Gasteiger partial charge is 0.573 e. The number of hydrogen-bond acceptors (Lipinski definition) is 5. The van der Waals surface area contributed by atoms with Crippen molar-refractivity contribution in [1.82, 2.24) is 5.32 Å². The van der Waals surface area contributed by atoms with E-state index in [1.807, 2.05) is 0 Å². The van der Waals surface area contributed by atoms with Crippen LogP contribution in [0.1, 0.15) is 35.2 Å². The minimum Gasteiger partial charge on any atom is -0.452 e. The highest BCUT2D eigenvalue weighted by Gasteiger charge is 2.32. The van der Waals surface area contributed by atoms with Gasteiger partial charge in [0.25, 0.3) is 5.91 Å². The molecule has 2 aromatic rings. The molecule has 170 valence electrons. The summed E-state index contributed by atoms with van der Waals surface area (Å²) >= 11 is 0. The highest BCUT2D eigenvalue weighted by Crippen LogP contribution is 2.26. The van der Waals surface area contributed by atoms with E-state index < -0.39 is 30.6 Å². The zero-order valence-corrected chi connectivity index (χ0v) is 17.0. The van der Waals surface area contributed by atoms with Crippen LogP contribution < -0.4 is 15.0 Å². The molecular formula is C22H21F3N2O5. The molecule has 3 rings (SSSR count). The zero-order valence-electron chi connectivity index (χ0n) is 17.0. The summed E-state index contributed by atoms with van der Waals surface area (Å²) < 4.78 is 46.2. The Balaban J connectivity index is 1.49. The molecular weight excluding hydrogens is 429 g/mol. The van der Waals surface area contributed by atoms with Crippen molar-refractivity contribution in [1.29, 1.82) is 0 Å². The van der Waals surface area contributed by atoms with Crippen LogP contribution in [0.2, 0.25) is 0 Å². The predicted octanol–water partition coefficient (Wildman–Crippen LogP) is 3.58. The van der Waals surface area contributed by atoms with Gasteiger partial charge >= 0.3 is 12.3 Å². The van der Waals surface area contributed by atoms with Gasteiger partial charge in [-0.25, -0.2) is 4.79 Å². The van der Waals surface area contributed by atoms with Crippen LogP contribution in [0.3, 0.4) is 0 Å². The number of carbonyl (C=O) groups excluding carboxylic acids is 3. The van der Waals surface area contributed by atoms with Crippen LogP contribution in [0.4, 0.5) is 18.9 Å². The number of benzene rings is 2. The molecule has 0 spiro atoms. The third-order valence-electron chi connectivity index (χ3n) is 4.75. The van der Waals surface area contributed by atoms with Crippen LogP contribution in [0.25, 0.3) is 0 Å². The molecule has 2 aromatic carbocycles. The van der Waals surface area contributed by atoms with Crippen molar-refractivity contribution in [2.24, 2.45) is 0 Å². The third-order valence-corrected chi connectivity index (χ3v) is 4.75. The maximum absolute atomic E-state index is 12.5. The lowest BCUT2D eigenvalue weighted by atomic mass is 10.1. The number of anilines is 1. The molecule has 1 aliphatic rings. The molecule has 1 saturated heterocycles. The van der Waals surface area contributed by atoms with E-state index in [4.69, 9.17) is 4.74 Å². The van der Waals surface area contributed by atoms with Gasteiger partial charge < -0.3 is 19.7 Å². The molecule has 2 amide bonds. The molecule has 0 atom stereocenters. The maximum Gasteiger partial charge on any atom is 0.573 e. The van der Waals surface area contributed by atoms with E-state index in [1.165, 1.54) is 30.3 Å². The van der Waals surface area contributed by atoms with E-state index in [-0.39, 0.29) is 23.6 Å². The van der Waals surface area contributed by atoms with Crippen molar-refractivity contribution in [3.8, 4) is 5.75 Å². The lowest BCUT2D eigenvalue weighted by Crippen LogP contribution is -2.35. The van der Waals surface area contributed by atoms with Crippen LogP contribution in [-0.4, -0.2) is 37.3 Å². The van der Waals surface area contributed by atoms with Gasteiger partial charge in [-0.1, -0.05) is 18.2 Å². The monoisotopic (exact) mass is 450 g/mol. The number of nitrogens with zero attached hydrogens (tertiary/aromatic N) is 1. The SMILES string of the molecule is O=C(COC(=O)c1ccc(N2CCCCC2=O)cc1)NCc1ccccc1OC(F)(F)F. The highest BCUT2D eigenvalue weighted by atomic mass is 19.4. The Bertz CT molecular complexity index is 976. The number of ether oxygens (including phenoxy) is 2. The van der Waals surface area contributed by atoms with Crippen LogP contribution in [-0.2, 0) is 20.9 Å². The molecule has 0 bridgehead atoms. The van der Waals surface area contributed by atoms with Crippen LogP contribution in [0.15, 0.2) is 48.5 Å². The lowest BCUT2D eigenvalue weighted by molar-refractivity contribution is -0.274. The number of alkyl halides is 3. The van der Waals surface area contributed by atoms with E-state index in [0.29, 0.717) is 18.7 Å². The topological polar surface area (TPSA) is 84.9 Å². The average molecular weight is 450 g/mol. The molecule has 1 aliphatic heterocycles. The van der Waals surface area contributed by atoms with Crippen LogP contribution in [0.5, 0.6) is 5.75 Å². The van der Waals surface area contributed by atoms with Gasteiger partial charge in [0.05, 0.1) is 5.56 Å². The number of amides is 2. The first kappa shape index (κ1) is 23.1. The first-order chi connectivity index (χ1) is 15.2. The standard InChI is InChI=1S/C22H21F3N2O5/c23-22(24,25)32-18-6-2-1-5-16(18)13-26-19(28)14-31-21(30)15-8-10-17(11-9-15)27-12-4-3-7-20(27)29/h1-2,5-6,8-11H,3-4,7,12-14H2,(H,26,28). The van der Waals surface area contributed by atoms with E-state index in [0.717, 1.165) is 18.9 Å². The number of rotatable bonds is 7. The minimum absolute atomic E-state index is 0.0328. The van der Waals surface area contributed by atoms with E-state index in [9.17, 15) is 27.6 Å². The first-order valence-electron chi connectivity index (χ1n) is 9.91. The summed E-state index contributed by atoms with van der Waals surface area (Å²) in [6, 6.07) is 11.7. The third kappa shape index (κ3) is 6.47. The minimum atomic E-state index is -4.85. The number of para-hydroxylation sites is 1. The summed E-state index contributed by atoms with van der Waals surface area (Å²) in [6.45, 7) is -0.214. The second kappa shape index (κ2) is 10.2. The first-order valence-corrected chi connectivity index (χ1v) is 9.91. The molecule has 0 radical (unpaired) electrons. The van der Waals surface area contributed by atoms with Gasteiger partial charge in [-0.2, -0.15) is 0 Å². The molecule has 0 aliphatic carbocycles. The second-order valence-corrected chi connectivity index (χ2v) is 7.06. The number of piperidine rings is 1. The van der Waals surface area contributed by atoms with E-state index >= 15 is 0 Å². The Hall–Kier alpha value is -3.56. The van der Waals surface area contributed by atoms with Crippen LogP contribution in [0, 0.1) is 0 Å². The number of nitrogens with one attached hydrogen (secondary N) is 1. The molecule has 1 fully saturated rings. The molecule has 32 heavy (non-hydrogen) atoms. The summed E-state index contributed by atoms with van der Waals surface area (Å²) in [5.74, 6) is -1.82. The van der Waals surface area contributed by atoms with Gasteiger partial charge in [0, 0.05) is 30.8 Å². The lowest BCUT2D eigenvalue weighted by Gasteiger charge is -2.26. The summed E-state index contributed by atoms with van der Waals surface area (Å²) in [7, 11) is 0. The Kier molecular flexibility index (Phi) is 7.34. The number of esters is 1. The van der Waals surface area contributed by atoms with Gasteiger partial charge in [0.15, 0.2) is 6.61 Å². The Morgan fingerprint density at radius 2 is 1.75 bits per heavy atom. The molecule has 0 unspecified atom stereocenters. The van der Waals surface area contributed by atoms with Crippen molar-refractivity contribution in [3.05, 3.63) is 59.7 Å². The fourth-order valence-corrected chi connectivity index (χ4v) is 3.19. The Morgan fingerprint density at radius 1 is 1.03 bits per heavy atom. The Morgan fingerprint density at radius 3 is 2.44 bits per heavy atom. The molecule has 1 heterocycles. The number of hydrogen-bond donors (Lipinski definition) is 1. The van der Waals surface area contributed by atoms with Gasteiger partial charge in [-0.05, 0) is 43.2 Å². The maximum atomic E-state index is 12.5. The Labute approximate surface area is 182 Å². The number of halogens is 3. The van der Waals surface area contributed by atoms with Crippen molar-refractivity contribution in [3.63, 3.8) is 0 Å². The highest BCUT2D eigenvalue weighted by molar-refractivity contribution is 5.95. The molecule has 0 saturated carbocycles. The van der Waals surface area contributed by atoms with Crippen LogP contribution >= 0.6 is 0 Å². The fourth-order valence-electron chi connectivity index (χ4n) is 3.19. The quantitative estimate of drug-likeness (QED) is 0.652. The van der Waals surface area contributed by atoms with E-state index in [1.54, 1.807) is 17.0 Å². The fraction of sp³-hybridized carbons (Fsp3) is 0.318. The summed E-state index contributed by atoms with van der Waals surface area (Å²) in [5, 5.41) is 2.38. The smallest absolute Gasteiger partial charge is 0.452 e. The van der Waals surface area contributed by atoms with Gasteiger partial charge in [-0.15, -0.1) is 13.2 Å². The molecule has 1 N–H and O–H groups in total. The van der Waals surface area contributed by atoms with Gasteiger partial charge in [-0.3, -0.25) is 9.59 Å². The summed E-state index contributed by atoms with van der Waals surface area (Å²) in [5.41, 5.74) is 1.01. The number of carbonyl (C=O) groups is 3. The van der Waals surface area contributed by atoms with E-state index in [2.05, 4.69) is 10.1 Å². The average Bonchev–Trinajstić information content (AvgIpc) is 2.76. The predicted molar refractivity (Wildman–Crippen MR) is 108 cm³/mol. The molecule has 7 nitrogen and oxygen atoms in total. The zero-order chi connectivity index (χ0) is 23.1. The van der Waals surface area contributed by atoms with Crippen molar-refractivity contribution >= 4 is 23.5 Å². The second-order valence-electron chi connectivity index (χ2n) is 7.06. The normalized spacial score (nSPS) is 14.1. The van der Waals surface area contributed by atoms with Gasteiger partial charge in [0.2, 0.25) is 5.91 Å². The van der Waals surface area contributed by atoms with Crippen molar-refractivity contribution in [2.45, 2.75) is 32.2 Å².